The van der Waals surface area contributed by atoms with Crippen LogP contribution in [0.3, 0.4) is 0 Å². The van der Waals surface area contributed by atoms with E-state index in [1.165, 1.54) is 48.0 Å². The molecule has 2 saturated heterocycles. The smallest absolute Gasteiger partial charge is 0.475 e. The molecule has 4 heterocycles. The number of hydrogen-bond acceptors (Lipinski definition) is 11. The summed E-state index contributed by atoms with van der Waals surface area (Å²) < 4.78 is 82.3. The zero-order valence-corrected chi connectivity index (χ0v) is 27.9. The molecule has 6 rings (SSSR count). The van der Waals surface area contributed by atoms with Crippen LogP contribution in [0, 0.1) is 17.7 Å². The van der Waals surface area contributed by atoms with E-state index in [9.17, 15) is 30.8 Å². The van der Waals surface area contributed by atoms with Crippen molar-refractivity contribution in [2.75, 3.05) is 38.2 Å². The first-order chi connectivity index (χ1) is 23.7. The number of fused-ring (bicyclic) bond motifs is 1. The number of aliphatic carboxylic acids is 1. The highest BCUT2D eigenvalue weighted by Crippen LogP contribution is 2.33. The second-order valence-electron chi connectivity index (χ2n) is 10.7. The molecule has 264 valence electrons. The third-order valence-corrected chi connectivity index (χ3v) is 10.4. The van der Waals surface area contributed by atoms with Gasteiger partial charge >= 0.3 is 18.2 Å². The first-order valence-corrected chi connectivity index (χ1v) is 17.3. The van der Waals surface area contributed by atoms with Gasteiger partial charge in [-0.2, -0.15) is 13.2 Å². The first-order valence-electron chi connectivity index (χ1n) is 14.6. The number of halogens is 5. The van der Waals surface area contributed by atoms with Gasteiger partial charge in [-0.15, -0.1) is 11.3 Å². The number of morpholine rings is 1. The maximum absolute atomic E-state index is 13.6. The third-order valence-electron chi connectivity index (χ3n) is 7.16. The van der Waals surface area contributed by atoms with E-state index in [-0.39, 0.29) is 33.1 Å². The van der Waals surface area contributed by atoms with Crippen LogP contribution in [0.1, 0.15) is 11.3 Å². The maximum atomic E-state index is 13.6. The molecule has 0 unspecified atom stereocenters. The average molecular weight is 756 g/mol. The molecule has 0 saturated carbocycles. The molecule has 2 atom stereocenters. The van der Waals surface area contributed by atoms with Gasteiger partial charge < -0.3 is 24.8 Å². The van der Waals surface area contributed by atoms with Gasteiger partial charge in [-0.3, -0.25) is 5.32 Å². The minimum atomic E-state index is -5.08. The van der Waals surface area contributed by atoms with E-state index < -0.39 is 27.8 Å². The van der Waals surface area contributed by atoms with E-state index in [2.05, 4.69) is 32.4 Å². The fraction of sp³-hybridized carbons (Fsp3) is 0.290. The Hall–Kier alpha value is -4.54. The Morgan fingerprint density at radius 3 is 2.56 bits per heavy atom. The van der Waals surface area contributed by atoms with Crippen LogP contribution in [0.5, 0.6) is 0 Å². The molecule has 0 spiro atoms. The largest absolute Gasteiger partial charge is 0.490 e. The van der Waals surface area contributed by atoms with Crippen LogP contribution in [0.25, 0.3) is 10.2 Å². The van der Waals surface area contributed by atoms with Crippen molar-refractivity contribution in [1.29, 1.82) is 0 Å². The molecule has 2 aromatic carbocycles. The Bertz CT molecular complexity index is 2070. The summed E-state index contributed by atoms with van der Waals surface area (Å²) in [6, 6.07) is 10.9. The molecular formula is C31H26ClF4N5O7S2. The number of amides is 1. The molecule has 19 heteroatoms. The van der Waals surface area contributed by atoms with Crippen LogP contribution in [-0.2, 0) is 24.1 Å². The Morgan fingerprint density at radius 2 is 1.88 bits per heavy atom. The summed E-state index contributed by atoms with van der Waals surface area (Å²) in [6.07, 6.45) is -3.64. The van der Waals surface area contributed by atoms with Gasteiger partial charge in [0.25, 0.3) is 0 Å². The summed E-state index contributed by atoms with van der Waals surface area (Å²) in [6.45, 7) is 2.64. The minimum absolute atomic E-state index is 0.0190. The van der Waals surface area contributed by atoms with Gasteiger partial charge in [-0.25, -0.2) is 32.4 Å². The first kappa shape index (κ1) is 36.7. The van der Waals surface area contributed by atoms with Crippen molar-refractivity contribution in [3.63, 3.8) is 0 Å². The fourth-order valence-corrected chi connectivity index (χ4v) is 7.42. The minimum Gasteiger partial charge on any atom is -0.475 e. The summed E-state index contributed by atoms with van der Waals surface area (Å²) >= 11 is 7.78. The highest BCUT2D eigenvalue weighted by Gasteiger charge is 2.38. The standard InChI is InChI=1S/C29H25ClFN5O5S2.C2HF3O2/c30-25-14-20(5-7-26(25)43(38,39)23-3-1-2-18(31)12-23)35-27-24-15-22(42-28(24)34-17-33-27)6-4-19-13-21(16-32-19)41-29(37)36-8-10-40-11-9-36;3-2(4,5)1(6)7/h1-3,5,7,12,14-15,17,19,21,32H,8-11,13,16H2,(H,33,34,35);(H,6,7)/t19-,21-;/m1./s1. The summed E-state index contributed by atoms with van der Waals surface area (Å²) in [5, 5.41) is 14.3. The van der Waals surface area contributed by atoms with Gasteiger partial charge in [0.15, 0.2) is 0 Å². The quantitative estimate of drug-likeness (QED) is 0.181. The number of carboxylic acids is 1. The van der Waals surface area contributed by atoms with Crippen LogP contribution in [0.15, 0.2) is 64.6 Å². The molecule has 1 amide bonds. The van der Waals surface area contributed by atoms with E-state index in [4.69, 9.17) is 31.0 Å². The molecule has 12 nitrogen and oxygen atoms in total. The zero-order chi connectivity index (χ0) is 36.1. The lowest BCUT2D eigenvalue weighted by atomic mass is 10.2. The average Bonchev–Trinajstić information content (AvgIpc) is 3.71. The number of alkyl halides is 3. The van der Waals surface area contributed by atoms with E-state index in [0.717, 1.165) is 21.2 Å². The summed E-state index contributed by atoms with van der Waals surface area (Å²) in [7, 11) is -4.02. The van der Waals surface area contributed by atoms with Crippen LogP contribution in [-0.4, -0.2) is 91.6 Å². The number of ether oxygens (including phenoxy) is 2. The summed E-state index contributed by atoms with van der Waals surface area (Å²) in [4.78, 5) is 32.8. The number of carboxylic acid groups (broad SMARTS) is 1. The molecule has 3 N–H and O–H groups in total. The van der Waals surface area contributed by atoms with Gasteiger partial charge in [-0.1, -0.05) is 29.5 Å². The monoisotopic (exact) mass is 755 g/mol. The molecule has 0 bridgehead atoms. The van der Waals surface area contributed by atoms with Crippen molar-refractivity contribution in [3.05, 3.63) is 70.6 Å². The number of anilines is 2. The normalized spacial score (nSPS) is 17.7. The van der Waals surface area contributed by atoms with Crippen LogP contribution in [0.4, 0.5) is 33.9 Å². The number of nitrogens with one attached hydrogen (secondary N) is 2. The SMILES string of the molecule is O=C(O)C(F)(F)F.O=C(O[C@H]1CN[C@H](C#Cc2cc3c(Nc4ccc(S(=O)(=O)c5cccc(F)c5)c(Cl)c4)ncnc3s2)C1)N1CCOCC1. The van der Waals surface area contributed by atoms with Crippen LogP contribution >= 0.6 is 22.9 Å². The maximum Gasteiger partial charge on any atom is 0.490 e. The zero-order valence-electron chi connectivity index (χ0n) is 25.5. The molecule has 4 aromatic rings. The van der Waals surface area contributed by atoms with Crippen molar-refractivity contribution >= 4 is 66.6 Å². The van der Waals surface area contributed by atoms with E-state index in [0.29, 0.717) is 50.8 Å². The molecule has 50 heavy (non-hydrogen) atoms. The number of sulfone groups is 1. The number of benzene rings is 2. The van der Waals surface area contributed by atoms with Gasteiger partial charge in [0.1, 0.15) is 28.9 Å². The van der Waals surface area contributed by atoms with Crippen LogP contribution < -0.4 is 10.6 Å². The lowest BCUT2D eigenvalue weighted by molar-refractivity contribution is -0.192. The number of hydrogen-bond donors (Lipinski definition) is 3. The van der Waals surface area contributed by atoms with Gasteiger partial charge in [-0.05, 0) is 42.5 Å². The van der Waals surface area contributed by atoms with Crippen molar-refractivity contribution in [2.45, 2.75) is 34.5 Å². The number of aromatic nitrogens is 2. The number of carbonyl (C=O) groups is 2. The second-order valence-corrected chi connectivity index (χ2v) is 14.0. The summed E-state index contributed by atoms with van der Waals surface area (Å²) in [5.41, 5.74) is 0.509. The van der Waals surface area contributed by atoms with Crippen molar-refractivity contribution in [2.24, 2.45) is 0 Å². The molecule has 2 fully saturated rings. The Morgan fingerprint density at radius 1 is 1.14 bits per heavy atom. The lowest BCUT2D eigenvalue weighted by Crippen LogP contribution is -2.42. The number of nitrogens with zero attached hydrogens (tertiary/aromatic N) is 3. The van der Waals surface area contributed by atoms with Crippen molar-refractivity contribution in [3.8, 4) is 11.8 Å². The molecule has 0 radical (unpaired) electrons. The van der Waals surface area contributed by atoms with Gasteiger partial charge in [0.2, 0.25) is 9.84 Å². The van der Waals surface area contributed by atoms with Crippen molar-refractivity contribution in [1.82, 2.24) is 20.2 Å². The number of carbonyl (C=O) groups excluding carboxylic acids is 1. The molecule has 2 aliphatic rings. The van der Waals surface area contributed by atoms with Crippen LogP contribution in [0.2, 0.25) is 5.02 Å². The van der Waals surface area contributed by atoms with Crippen molar-refractivity contribution < 1.29 is 50.1 Å². The highest BCUT2D eigenvalue weighted by molar-refractivity contribution is 7.91. The van der Waals surface area contributed by atoms with Gasteiger partial charge in [0, 0.05) is 31.7 Å². The Kier molecular flexibility index (Phi) is 11.4. The lowest BCUT2D eigenvalue weighted by Gasteiger charge is -2.27. The third kappa shape index (κ3) is 9.17. The Labute approximate surface area is 291 Å². The topological polar surface area (TPSA) is 160 Å². The number of rotatable bonds is 5. The predicted molar refractivity (Wildman–Crippen MR) is 174 cm³/mol. The van der Waals surface area contributed by atoms with E-state index in [1.54, 1.807) is 11.0 Å². The fourth-order valence-electron chi connectivity index (χ4n) is 4.74. The molecular weight excluding hydrogens is 730 g/mol. The van der Waals surface area contributed by atoms with E-state index >= 15 is 0 Å². The molecule has 0 aliphatic carbocycles. The Balaban J connectivity index is 0.000000630. The summed E-state index contributed by atoms with van der Waals surface area (Å²) in [5.74, 6) is 3.49. The predicted octanol–water partition coefficient (Wildman–Crippen LogP) is 5.24. The molecule has 2 aromatic heterocycles. The second kappa shape index (κ2) is 15.6. The molecule has 2 aliphatic heterocycles. The number of thiophene rings is 1. The van der Waals surface area contributed by atoms with E-state index in [1.807, 2.05) is 6.07 Å². The highest BCUT2D eigenvalue weighted by atomic mass is 35.5. The van der Waals surface area contributed by atoms with Gasteiger partial charge in [0.05, 0.1) is 44.3 Å².